The van der Waals surface area contributed by atoms with Crippen LogP contribution in [-0.4, -0.2) is 16.9 Å². The summed E-state index contributed by atoms with van der Waals surface area (Å²) in [6, 6.07) is 12.2. The zero-order chi connectivity index (χ0) is 18.0. The minimum atomic E-state index is -0.460. The number of carbonyl (C=O) groups is 1. The molecule has 0 bridgehead atoms. The van der Waals surface area contributed by atoms with Crippen molar-refractivity contribution in [2.24, 2.45) is 0 Å². The molecule has 0 unspecified atom stereocenters. The standard InChI is InChI=1S/C18H18BrN3O3/c1-11(14-4-2-3-5-15(14)19)20-18(23)12-6-9-16(21-13-7-8-13)17(10-12)22(24)25/h2-6,9-11,13,21H,7-8H2,1H3,(H,20,23)/t11-/m1/s1. The fourth-order valence-electron chi connectivity index (χ4n) is 2.58. The predicted molar refractivity (Wildman–Crippen MR) is 99.8 cm³/mol. The first-order valence-corrected chi connectivity index (χ1v) is 8.85. The maximum atomic E-state index is 12.5. The first kappa shape index (κ1) is 17.4. The van der Waals surface area contributed by atoms with Crippen molar-refractivity contribution in [3.8, 4) is 0 Å². The van der Waals surface area contributed by atoms with Gasteiger partial charge in [0.15, 0.2) is 0 Å². The lowest BCUT2D eigenvalue weighted by Gasteiger charge is -2.16. The molecule has 25 heavy (non-hydrogen) atoms. The molecule has 0 aliphatic heterocycles. The Kier molecular flexibility index (Phi) is 5.03. The van der Waals surface area contributed by atoms with Gasteiger partial charge in [-0.2, -0.15) is 0 Å². The average Bonchev–Trinajstić information content (AvgIpc) is 3.39. The van der Waals surface area contributed by atoms with Gasteiger partial charge >= 0.3 is 0 Å². The van der Waals surface area contributed by atoms with Gasteiger partial charge in [0.2, 0.25) is 0 Å². The summed E-state index contributed by atoms with van der Waals surface area (Å²) >= 11 is 3.46. The number of benzene rings is 2. The number of nitrogens with zero attached hydrogens (tertiary/aromatic N) is 1. The van der Waals surface area contributed by atoms with Crippen LogP contribution in [0.5, 0.6) is 0 Å². The number of nitro benzene ring substituents is 1. The number of rotatable bonds is 6. The van der Waals surface area contributed by atoms with Crippen LogP contribution in [0, 0.1) is 10.1 Å². The highest BCUT2D eigenvalue weighted by molar-refractivity contribution is 9.10. The Balaban J connectivity index is 1.78. The summed E-state index contributed by atoms with van der Waals surface area (Å²) in [5.41, 5.74) is 1.60. The second-order valence-corrected chi connectivity index (χ2v) is 6.98. The minimum absolute atomic E-state index is 0.0758. The van der Waals surface area contributed by atoms with Crippen LogP contribution in [0.3, 0.4) is 0 Å². The molecule has 1 saturated carbocycles. The van der Waals surface area contributed by atoms with Gasteiger partial charge in [0.05, 0.1) is 11.0 Å². The van der Waals surface area contributed by atoms with Crippen molar-refractivity contribution >= 4 is 33.2 Å². The summed E-state index contributed by atoms with van der Waals surface area (Å²) in [6.45, 7) is 1.87. The lowest BCUT2D eigenvalue weighted by molar-refractivity contribution is -0.384. The van der Waals surface area contributed by atoms with Gasteiger partial charge in [0.1, 0.15) is 5.69 Å². The fraction of sp³-hybridized carbons (Fsp3) is 0.278. The van der Waals surface area contributed by atoms with Crippen LogP contribution in [0.4, 0.5) is 11.4 Å². The van der Waals surface area contributed by atoms with Crippen LogP contribution in [-0.2, 0) is 0 Å². The Morgan fingerprint density at radius 1 is 1.28 bits per heavy atom. The Morgan fingerprint density at radius 3 is 2.64 bits per heavy atom. The van der Waals surface area contributed by atoms with Gasteiger partial charge < -0.3 is 10.6 Å². The van der Waals surface area contributed by atoms with E-state index in [4.69, 9.17) is 0 Å². The topological polar surface area (TPSA) is 84.3 Å². The third-order valence-corrected chi connectivity index (χ3v) is 4.84. The monoisotopic (exact) mass is 403 g/mol. The van der Waals surface area contributed by atoms with E-state index in [-0.39, 0.29) is 23.2 Å². The molecule has 1 atom stereocenters. The molecule has 130 valence electrons. The molecular formula is C18H18BrN3O3. The number of amides is 1. The van der Waals surface area contributed by atoms with Gasteiger partial charge in [-0.25, -0.2) is 0 Å². The highest BCUT2D eigenvalue weighted by Crippen LogP contribution is 2.31. The molecule has 2 N–H and O–H groups in total. The molecule has 1 aliphatic rings. The van der Waals surface area contributed by atoms with Gasteiger partial charge in [0.25, 0.3) is 11.6 Å². The van der Waals surface area contributed by atoms with Crippen LogP contribution in [0.1, 0.15) is 41.7 Å². The number of nitro groups is 1. The highest BCUT2D eigenvalue weighted by atomic mass is 79.9. The Labute approximate surface area is 153 Å². The Hall–Kier alpha value is -2.41. The van der Waals surface area contributed by atoms with Gasteiger partial charge in [-0.3, -0.25) is 14.9 Å². The fourth-order valence-corrected chi connectivity index (χ4v) is 3.21. The smallest absolute Gasteiger partial charge is 0.293 e. The summed E-state index contributed by atoms with van der Waals surface area (Å²) in [6.07, 6.45) is 2.03. The average molecular weight is 404 g/mol. The molecule has 2 aromatic rings. The quantitative estimate of drug-likeness (QED) is 0.551. The molecule has 0 heterocycles. The molecule has 1 aliphatic carbocycles. The van der Waals surface area contributed by atoms with Crippen molar-refractivity contribution in [2.45, 2.75) is 31.8 Å². The van der Waals surface area contributed by atoms with Gasteiger partial charge in [-0.05, 0) is 43.5 Å². The summed E-state index contributed by atoms with van der Waals surface area (Å²) < 4.78 is 0.901. The van der Waals surface area contributed by atoms with E-state index in [0.717, 1.165) is 22.9 Å². The van der Waals surface area contributed by atoms with E-state index in [0.29, 0.717) is 11.7 Å². The van der Waals surface area contributed by atoms with Crippen LogP contribution >= 0.6 is 15.9 Å². The van der Waals surface area contributed by atoms with E-state index in [2.05, 4.69) is 26.6 Å². The lowest BCUT2D eigenvalue weighted by atomic mass is 10.1. The van der Waals surface area contributed by atoms with Crippen molar-refractivity contribution in [3.05, 3.63) is 68.2 Å². The number of hydrogen-bond donors (Lipinski definition) is 2. The molecule has 3 rings (SSSR count). The van der Waals surface area contributed by atoms with E-state index in [9.17, 15) is 14.9 Å². The molecule has 0 aromatic heterocycles. The third kappa shape index (κ3) is 4.17. The first-order valence-electron chi connectivity index (χ1n) is 8.06. The van der Waals surface area contributed by atoms with E-state index in [1.165, 1.54) is 6.07 Å². The summed E-state index contributed by atoms with van der Waals surface area (Å²) in [7, 11) is 0. The molecule has 2 aromatic carbocycles. The van der Waals surface area contributed by atoms with Crippen molar-refractivity contribution in [1.82, 2.24) is 5.32 Å². The van der Waals surface area contributed by atoms with E-state index in [1.54, 1.807) is 12.1 Å². The van der Waals surface area contributed by atoms with Gasteiger partial charge in [-0.1, -0.05) is 34.1 Å². The first-order chi connectivity index (χ1) is 12.0. The Morgan fingerprint density at radius 2 is 2.00 bits per heavy atom. The molecular weight excluding hydrogens is 386 g/mol. The van der Waals surface area contributed by atoms with Crippen LogP contribution in [0.25, 0.3) is 0 Å². The zero-order valence-corrected chi connectivity index (χ0v) is 15.2. The number of halogens is 1. The molecule has 1 fully saturated rings. The van der Waals surface area contributed by atoms with Crippen LogP contribution in [0.2, 0.25) is 0 Å². The lowest BCUT2D eigenvalue weighted by Crippen LogP contribution is -2.27. The zero-order valence-electron chi connectivity index (χ0n) is 13.7. The van der Waals surface area contributed by atoms with E-state index >= 15 is 0 Å². The van der Waals surface area contributed by atoms with Crippen molar-refractivity contribution in [3.63, 3.8) is 0 Å². The normalized spacial score (nSPS) is 14.6. The number of anilines is 1. The number of nitrogens with one attached hydrogen (secondary N) is 2. The largest absolute Gasteiger partial charge is 0.377 e. The summed E-state index contributed by atoms with van der Waals surface area (Å²) in [5.74, 6) is -0.343. The molecule has 0 spiro atoms. The van der Waals surface area contributed by atoms with Crippen molar-refractivity contribution < 1.29 is 9.72 Å². The molecule has 0 saturated heterocycles. The molecule has 6 nitrogen and oxygen atoms in total. The second-order valence-electron chi connectivity index (χ2n) is 6.12. The number of hydrogen-bond acceptors (Lipinski definition) is 4. The maximum Gasteiger partial charge on any atom is 0.293 e. The molecule has 1 amide bonds. The summed E-state index contributed by atoms with van der Waals surface area (Å²) in [4.78, 5) is 23.3. The van der Waals surface area contributed by atoms with Crippen molar-refractivity contribution in [2.75, 3.05) is 5.32 Å². The van der Waals surface area contributed by atoms with E-state index < -0.39 is 4.92 Å². The van der Waals surface area contributed by atoms with Gasteiger partial charge in [0, 0.05) is 22.1 Å². The number of carbonyl (C=O) groups excluding carboxylic acids is 1. The second kappa shape index (κ2) is 7.23. The predicted octanol–water partition coefficient (Wildman–Crippen LogP) is 4.42. The SMILES string of the molecule is C[C@@H](NC(=O)c1ccc(NC2CC2)c([N+](=O)[O-])c1)c1ccccc1Br. The molecule has 0 radical (unpaired) electrons. The van der Waals surface area contributed by atoms with Gasteiger partial charge in [-0.15, -0.1) is 0 Å². The highest BCUT2D eigenvalue weighted by Gasteiger charge is 2.25. The van der Waals surface area contributed by atoms with Crippen LogP contribution in [0.15, 0.2) is 46.9 Å². The maximum absolute atomic E-state index is 12.5. The van der Waals surface area contributed by atoms with E-state index in [1.807, 2.05) is 31.2 Å². The third-order valence-electron chi connectivity index (χ3n) is 4.11. The summed E-state index contributed by atoms with van der Waals surface area (Å²) in [5, 5.41) is 17.3. The minimum Gasteiger partial charge on any atom is -0.377 e. The van der Waals surface area contributed by atoms with Crippen molar-refractivity contribution in [1.29, 1.82) is 0 Å². The molecule has 7 heteroatoms. The Bertz CT molecular complexity index is 821. The van der Waals surface area contributed by atoms with Crippen LogP contribution < -0.4 is 10.6 Å².